The van der Waals surface area contributed by atoms with Gasteiger partial charge in [-0.25, -0.2) is 4.79 Å². The minimum atomic E-state index is -0.528. The summed E-state index contributed by atoms with van der Waals surface area (Å²) >= 11 is 0. The Hall–Kier alpha value is -0.570. The van der Waals surface area contributed by atoms with Crippen LogP contribution in [0.2, 0.25) is 0 Å². The van der Waals surface area contributed by atoms with Gasteiger partial charge in [0, 0.05) is 6.42 Å². The first-order chi connectivity index (χ1) is 5.66. The van der Waals surface area contributed by atoms with Gasteiger partial charge in [0.25, 0.3) is 0 Å². The molecule has 0 spiro atoms. The van der Waals surface area contributed by atoms with Crippen molar-refractivity contribution in [2.75, 3.05) is 0 Å². The Kier molecular flexibility index (Phi) is 6.76. The molecular formula is C9H18O3. The Balaban J connectivity index is 3.05. The molecule has 0 fully saturated rings. The predicted molar refractivity (Wildman–Crippen MR) is 46.6 cm³/mol. The standard InChI is InChI=1S/C9H18O3/c1-8(2)6-4-3-5-7-9(10)12-11/h8,11H,3-7H2,1-2H3. The van der Waals surface area contributed by atoms with Crippen molar-refractivity contribution in [1.29, 1.82) is 0 Å². The van der Waals surface area contributed by atoms with Crippen molar-refractivity contribution in [2.45, 2.75) is 46.0 Å². The molecule has 0 unspecified atom stereocenters. The van der Waals surface area contributed by atoms with Gasteiger partial charge in [0.2, 0.25) is 0 Å². The SMILES string of the molecule is CC(C)CCCCCC(=O)OO. The summed E-state index contributed by atoms with van der Waals surface area (Å²) in [7, 11) is 0. The molecule has 1 N–H and O–H groups in total. The van der Waals surface area contributed by atoms with Crippen LogP contribution in [0, 0.1) is 5.92 Å². The van der Waals surface area contributed by atoms with Crippen LogP contribution in [0.3, 0.4) is 0 Å². The normalized spacial score (nSPS) is 10.3. The van der Waals surface area contributed by atoms with E-state index >= 15 is 0 Å². The zero-order valence-electron chi connectivity index (χ0n) is 7.88. The lowest BCUT2D eigenvalue weighted by Crippen LogP contribution is -1.99. The van der Waals surface area contributed by atoms with Crippen LogP contribution in [-0.4, -0.2) is 11.2 Å². The molecule has 0 saturated carbocycles. The van der Waals surface area contributed by atoms with Crippen molar-refractivity contribution in [3.05, 3.63) is 0 Å². The summed E-state index contributed by atoms with van der Waals surface area (Å²) in [5, 5.41) is 7.93. The maximum atomic E-state index is 10.4. The highest BCUT2D eigenvalue weighted by Crippen LogP contribution is 2.09. The molecule has 72 valence electrons. The summed E-state index contributed by atoms with van der Waals surface area (Å²) in [6.45, 7) is 4.37. The molecule has 3 heteroatoms. The van der Waals surface area contributed by atoms with Gasteiger partial charge in [-0.2, -0.15) is 5.26 Å². The maximum absolute atomic E-state index is 10.4. The average molecular weight is 174 g/mol. The Morgan fingerprint density at radius 2 is 2.00 bits per heavy atom. The molecule has 0 aliphatic carbocycles. The highest BCUT2D eigenvalue weighted by atomic mass is 17.1. The highest BCUT2D eigenvalue weighted by Gasteiger charge is 2.01. The number of hydrogen-bond donors (Lipinski definition) is 1. The Morgan fingerprint density at radius 1 is 1.33 bits per heavy atom. The van der Waals surface area contributed by atoms with E-state index in [9.17, 15) is 4.79 Å². The Labute approximate surface area is 73.7 Å². The van der Waals surface area contributed by atoms with Crippen LogP contribution in [-0.2, 0) is 9.68 Å². The fourth-order valence-corrected chi connectivity index (χ4v) is 1.04. The molecule has 0 aromatic rings. The third-order valence-electron chi connectivity index (χ3n) is 1.76. The van der Waals surface area contributed by atoms with Gasteiger partial charge in [0.1, 0.15) is 0 Å². The van der Waals surface area contributed by atoms with E-state index in [2.05, 4.69) is 18.7 Å². The van der Waals surface area contributed by atoms with Crippen molar-refractivity contribution in [1.82, 2.24) is 0 Å². The predicted octanol–water partition coefficient (Wildman–Crippen LogP) is 2.61. The molecule has 0 bridgehead atoms. The zero-order chi connectivity index (χ0) is 9.40. The molecule has 0 heterocycles. The first-order valence-electron chi connectivity index (χ1n) is 4.51. The fourth-order valence-electron chi connectivity index (χ4n) is 1.04. The van der Waals surface area contributed by atoms with E-state index in [0.717, 1.165) is 25.2 Å². The van der Waals surface area contributed by atoms with Gasteiger partial charge in [0.05, 0.1) is 0 Å². The van der Waals surface area contributed by atoms with E-state index in [0.29, 0.717) is 6.42 Å². The number of unbranched alkanes of at least 4 members (excludes halogenated alkanes) is 2. The van der Waals surface area contributed by atoms with E-state index in [4.69, 9.17) is 5.26 Å². The number of rotatable bonds is 6. The molecule has 0 aromatic carbocycles. The number of hydrogen-bond acceptors (Lipinski definition) is 3. The molecule has 3 nitrogen and oxygen atoms in total. The van der Waals surface area contributed by atoms with Crippen molar-refractivity contribution in [3.63, 3.8) is 0 Å². The fraction of sp³-hybridized carbons (Fsp3) is 0.889. The topological polar surface area (TPSA) is 46.5 Å². The molecule has 0 aromatic heterocycles. The molecule has 0 radical (unpaired) electrons. The lowest BCUT2D eigenvalue weighted by molar-refractivity contribution is -0.234. The zero-order valence-corrected chi connectivity index (χ0v) is 7.88. The first kappa shape index (κ1) is 11.4. The number of carbonyl (C=O) groups is 1. The second kappa shape index (κ2) is 7.10. The Morgan fingerprint density at radius 3 is 2.50 bits per heavy atom. The third kappa shape index (κ3) is 7.54. The third-order valence-corrected chi connectivity index (χ3v) is 1.76. The molecule has 0 rings (SSSR count). The summed E-state index contributed by atoms with van der Waals surface area (Å²) in [6.07, 6.45) is 4.53. The van der Waals surface area contributed by atoms with E-state index in [1.807, 2.05) is 0 Å². The lowest BCUT2D eigenvalue weighted by atomic mass is 10.0. The Bertz CT molecular complexity index is 121. The van der Waals surface area contributed by atoms with Gasteiger partial charge in [-0.3, -0.25) is 0 Å². The smallest absolute Gasteiger partial charge is 0.301 e. The summed E-state index contributed by atoms with van der Waals surface area (Å²) in [4.78, 5) is 14.0. The van der Waals surface area contributed by atoms with E-state index in [-0.39, 0.29) is 0 Å². The monoisotopic (exact) mass is 174 g/mol. The summed E-state index contributed by atoms with van der Waals surface area (Å²) in [5.41, 5.74) is 0. The van der Waals surface area contributed by atoms with Gasteiger partial charge >= 0.3 is 5.97 Å². The van der Waals surface area contributed by atoms with Crippen molar-refractivity contribution >= 4 is 5.97 Å². The van der Waals surface area contributed by atoms with Crippen LogP contribution in [0.25, 0.3) is 0 Å². The lowest BCUT2D eigenvalue weighted by Gasteiger charge is -2.02. The van der Waals surface area contributed by atoms with E-state index in [1.165, 1.54) is 6.42 Å². The van der Waals surface area contributed by atoms with E-state index in [1.54, 1.807) is 0 Å². The van der Waals surface area contributed by atoms with Gasteiger partial charge < -0.3 is 4.89 Å². The van der Waals surface area contributed by atoms with Crippen molar-refractivity contribution in [3.8, 4) is 0 Å². The van der Waals surface area contributed by atoms with Crippen LogP contribution in [0.15, 0.2) is 0 Å². The molecule has 0 atom stereocenters. The van der Waals surface area contributed by atoms with Crippen molar-refractivity contribution in [2.24, 2.45) is 5.92 Å². The highest BCUT2D eigenvalue weighted by molar-refractivity contribution is 5.68. The molecule has 0 amide bonds. The van der Waals surface area contributed by atoms with E-state index < -0.39 is 5.97 Å². The minimum Gasteiger partial charge on any atom is -0.301 e. The summed E-state index contributed by atoms with van der Waals surface area (Å²) < 4.78 is 0. The maximum Gasteiger partial charge on any atom is 0.342 e. The minimum absolute atomic E-state index is 0.328. The van der Waals surface area contributed by atoms with Gasteiger partial charge in [0.15, 0.2) is 0 Å². The van der Waals surface area contributed by atoms with Gasteiger partial charge in [-0.1, -0.05) is 33.1 Å². The average Bonchev–Trinajstić information content (AvgIpc) is 2.03. The van der Waals surface area contributed by atoms with Crippen LogP contribution < -0.4 is 0 Å². The van der Waals surface area contributed by atoms with Crippen LogP contribution >= 0.6 is 0 Å². The number of carbonyl (C=O) groups excluding carboxylic acids is 1. The van der Waals surface area contributed by atoms with Crippen LogP contribution in [0.1, 0.15) is 46.0 Å². The molecular weight excluding hydrogens is 156 g/mol. The van der Waals surface area contributed by atoms with Crippen molar-refractivity contribution < 1.29 is 14.9 Å². The summed E-state index contributed by atoms with van der Waals surface area (Å²) in [6, 6.07) is 0. The first-order valence-corrected chi connectivity index (χ1v) is 4.51. The van der Waals surface area contributed by atoms with Gasteiger partial charge in [-0.15, -0.1) is 0 Å². The largest absolute Gasteiger partial charge is 0.342 e. The van der Waals surface area contributed by atoms with Crippen LogP contribution in [0.5, 0.6) is 0 Å². The summed E-state index contributed by atoms with van der Waals surface area (Å²) in [5.74, 6) is 0.203. The molecule has 0 saturated heterocycles. The van der Waals surface area contributed by atoms with Crippen LogP contribution in [0.4, 0.5) is 0 Å². The second-order valence-electron chi connectivity index (χ2n) is 3.46. The second-order valence-corrected chi connectivity index (χ2v) is 3.46. The molecule has 0 aliphatic rings. The molecule has 12 heavy (non-hydrogen) atoms. The quantitative estimate of drug-likeness (QED) is 0.382. The molecule has 0 aliphatic heterocycles. The van der Waals surface area contributed by atoms with Gasteiger partial charge in [-0.05, 0) is 12.3 Å².